The number of alkyl halides is 2. The third-order valence-corrected chi connectivity index (χ3v) is 7.28. The van der Waals surface area contributed by atoms with Crippen molar-refractivity contribution in [3.63, 3.8) is 0 Å². The van der Waals surface area contributed by atoms with Gasteiger partial charge in [0.15, 0.2) is 0 Å². The number of carbonyl (C=O) groups is 4. The summed E-state index contributed by atoms with van der Waals surface area (Å²) in [5.74, 6) is -6.67. The van der Waals surface area contributed by atoms with Crippen LogP contribution in [0.5, 0.6) is 0 Å². The van der Waals surface area contributed by atoms with E-state index in [9.17, 15) is 28.0 Å². The normalized spacial score (nSPS) is 22.4. The second-order valence-electron chi connectivity index (χ2n) is 9.16. The maximum Gasteiger partial charge on any atom is 0.349 e. The van der Waals surface area contributed by atoms with Crippen LogP contribution in [0.4, 0.5) is 8.78 Å². The molecule has 0 spiro atoms. The van der Waals surface area contributed by atoms with E-state index in [2.05, 4.69) is 5.32 Å². The predicted octanol–water partition coefficient (Wildman–Crippen LogP) is -0.238. The van der Waals surface area contributed by atoms with Crippen LogP contribution < -0.4 is 5.32 Å². The number of hydrogen-bond donors (Lipinski definition) is 1. The monoisotopic (exact) mass is 497 g/mol. The van der Waals surface area contributed by atoms with Gasteiger partial charge in [-0.1, -0.05) is 35.9 Å². The summed E-state index contributed by atoms with van der Waals surface area (Å²) < 4.78 is 29.0. The van der Waals surface area contributed by atoms with E-state index in [1.807, 2.05) is 0 Å². The second-order valence-corrected chi connectivity index (χ2v) is 9.59. The van der Waals surface area contributed by atoms with Gasteiger partial charge in [-0.3, -0.25) is 19.2 Å². The molecule has 2 aromatic carbocycles. The fourth-order valence-electron chi connectivity index (χ4n) is 4.59. The topological polar surface area (TPSA) is 86.8 Å². The molecule has 1 saturated heterocycles. The number of benzene rings is 2. The number of carbonyl (C=O) groups excluding carboxylic acids is 4. The van der Waals surface area contributed by atoms with E-state index in [1.165, 1.54) is 25.0 Å². The molecule has 4 amide bonds. The summed E-state index contributed by atoms with van der Waals surface area (Å²) in [6, 6.07) is 9.55. The number of nitrogens with zero attached hydrogens (tertiary/aromatic N) is 2. The molecule has 0 bridgehead atoms. The Kier molecular flexibility index (Phi) is 6.29. The second kappa shape index (κ2) is 8.82. The molecule has 13 heteroatoms. The summed E-state index contributed by atoms with van der Waals surface area (Å²) in [5.41, 5.74) is -0.135. The van der Waals surface area contributed by atoms with Gasteiger partial charge in [-0.2, -0.15) is 8.78 Å². The quantitative estimate of drug-likeness (QED) is 0.457. The first-order chi connectivity index (χ1) is 16.4. The van der Waals surface area contributed by atoms with Crippen molar-refractivity contribution in [3.05, 3.63) is 69.7 Å². The standard InChI is InChI=1S/C22H21B3ClF2N3O4/c23-16-8-17(32)31(25)20(35)21(16,24)30-10-12-7-11(1-6-15(12)18(30)33)9-29-19(34)22(27,28)13-2-4-14(26)5-3-13/h1-7,16H,8-10,23-25H2,(H,29,34). The molecule has 7 nitrogen and oxygen atoms in total. The lowest BCUT2D eigenvalue weighted by atomic mass is 9.55. The van der Waals surface area contributed by atoms with Gasteiger partial charge in [0.2, 0.25) is 19.8 Å². The van der Waals surface area contributed by atoms with Gasteiger partial charge in [0.05, 0.1) is 5.44 Å². The van der Waals surface area contributed by atoms with Crippen molar-refractivity contribution < 1.29 is 28.0 Å². The summed E-state index contributed by atoms with van der Waals surface area (Å²) in [7, 11) is 4.83. The van der Waals surface area contributed by atoms with Crippen LogP contribution in [0.2, 0.25) is 10.8 Å². The van der Waals surface area contributed by atoms with Gasteiger partial charge in [0, 0.05) is 35.7 Å². The Labute approximate surface area is 208 Å². The lowest BCUT2D eigenvalue weighted by Crippen LogP contribution is -2.66. The third-order valence-electron chi connectivity index (χ3n) is 7.03. The molecular formula is C22H21B3ClF2N3O4. The van der Waals surface area contributed by atoms with Crippen molar-refractivity contribution in [2.24, 2.45) is 0 Å². The van der Waals surface area contributed by atoms with E-state index in [0.717, 1.165) is 16.9 Å². The summed E-state index contributed by atoms with van der Waals surface area (Å²) in [6.07, 6.45) is 0.137. The van der Waals surface area contributed by atoms with Crippen molar-refractivity contribution in [1.82, 2.24) is 15.0 Å². The van der Waals surface area contributed by atoms with Crippen molar-refractivity contribution in [1.29, 1.82) is 0 Å². The molecule has 0 aliphatic carbocycles. The Bertz CT molecular complexity index is 1250. The molecule has 2 aliphatic rings. The Morgan fingerprint density at radius 2 is 1.83 bits per heavy atom. The van der Waals surface area contributed by atoms with Crippen LogP contribution in [-0.2, 0) is 33.4 Å². The van der Waals surface area contributed by atoms with Crippen molar-refractivity contribution in [2.75, 3.05) is 0 Å². The van der Waals surface area contributed by atoms with Crippen LogP contribution in [0, 0.1) is 0 Å². The molecule has 2 atom stereocenters. The molecule has 1 fully saturated rings. The minimum Gasteiger partial charge on any atom is -0.346 e. The van der Waals surface area contributed by atoms with E-state index < -0.39 is 28.7 Å². The maximum atomic E-state index is 14.5. The molecular weight excluding hydrogens is 476 g/mol. The maximum absolute atomic E-state index is 14.5. The SMILES string of the molecule is BC1CC(=O)N(B)C(=O)C1(B)N1Cc2cc(CNC(=O)C(F)(F)c3ccc(Cl)cc3)ccc2C1=O. The molecule has 0 aromatic heterocycles. The molecule has 1 N–H and O–H groups in total. The highest BCUT2D eigenvalue weighted by molar-refractivity contribution is 6.42. The minimum atomic E-state index is -3.75. The first-order valence-corrected chi connectivity index (χ1v) is 11.4. The molecule has 2 aromatic rings. The molecule has 35 heavy (non-hydrogen) atoms. The van der Waals surface area contributed by atoms with E-state index >= 15 is 0 Å². The minimum absolute atomic E-state index is 0.130. The number of halogens is 3. The van der Waals surface area contributed by atoms with Crippen LogP contribution >= 0.6 is 11.6 Å². The van der Waals surface area contributed by atoms with Crippen LogP contribution in [0.15, 0.2) is 42.5 Å². The number of amides is 4. The van der Waals surface area contributed by atoms with E-state index in [1.54, 1.807) is 33.9 Å². The van der Waals surface area contributed by atoms with Crippen molar-refractivity contribution in [3.8, 4) is 0 Å². The van der Waals surface area contributed by atoms with Gasteiger partial charge in [-0.15, -0.1) is 0 Å². The predicted molar refractivity (Wildman–Crippen MR) is 132 cm³/mol. The zero-order chi connectivity index (χ0) is 25.7. The number of nitrogens with one attached hydrogen (secondary N) is 1. The lowest BCUT2D eigenvalue weighted by Gasteiger charge is -2.47. The summed E-state index contributed by atoms with van der Waals surface area (Å²) >= 11 is 5.73. The molecule has 0 radical (unpaired) electrons. The molecule has 178 valence electrons. The molecule has 0 saturated carbocycles. The lowest BCUT2D eigenvalue weighted by molar-refractivity contribution is -0.148. The van der Waals surface area contributed by atoms with Crippen molar-refractivity contribution in [2.45, 2.75) is 36.7 Å². The van der Waals surface area contributed by atoms with Gasteiger partial charge in [0.1, 0.15) is 15.7 Å². The van der Waals surface area contributed by atoms with Crippen LogP contribution in [-0.4, -0.2) is 62.5 Å². The number of piperidine rings is 1. The third kappa shape index (κ3) is 4.13. The first-order valence-electron chi connectivity index (χ1n) is 11.0. The Balaban J connectivity index is 1.50. The fourth-order valence-corrected chi connectivity index (χ4v) is 4.71. The molecule has 2 aliphatic heterocycles. The Morgan fingerprint density at radius 3 is 2.49 bits per heavy atom. The van der Waals surface area contributed by atoms with Gasteiger partial charge >= 0.3 is 5.92 Å². The van der Waals surface area contributed by atoms with E-state index in [4.69, 9.17) is 11.6 Å². The van der Waals surface area contributed by atoms with Gasteiger partial charge < -0.3 is 15.0 Å². The highest BCUT2D eigenvalue weighted by Crippen LogP contribution is 2.39. The zero-order valence-corrected chi connectivity index (χ0v) is 20.2. The average molecular weight is 497 g/mol. The van der Waals surface area contributed by atoms with Crippen LogP contribution in [0.25, 0.3) is 0 Å². The van der Waals surface area contributed by atoms with Gasteiger partial charge in [0.25, 0.3) is 11.8 Å². The summed E-state index contributed by atoms with van der Waals surface area (Å²) in [6.45, 7) is -0.0428. The fraction of sp³-hybridized carbons (Fsp3) is 0.273. The number of rotatable bonds is 5. The molecule has 4 rings (SSSR count). The Morgan fingerprint density at radius 1 is 1.17 bits per heavy atom. The van der Waals surface area contributed by atoms with Crippen LogP contribution in [0.3, 0.4) is 0 Å². The summed E-state index contributed by atoms with van der Waals surface area (Å²) in [4.78, 5) is 53.0. The van der Waals surface area contributed by atoms with E-state index in [-0.39, 0.29) is 42.2 Å². The molecule has 2 heterocycles. The highest BCUT2D eigenvalue weighted by atomic mass is 35.5. The van der Waals surface area contributed by atoms with Crippen molar-refractivity contribution >= 4 is 58.9 Å². The van der Waals surface area contributed by atoms with Crippen LogP contribution in [0.1, 0.15) is 33.5 Å². The summed E-state index contributed by atoms with van der Waals surface area (Å²) in [5, 5.41) is 2.52. The Hall–Kier alpha value is -3.14. The first kappa shape index (κ1) is 25.0. The van der Waals surface area contributed by atoms with E-state index in [0.29, 0.717) is 16.7 Å². The van der Waals surface area contributed by atoms with Gasteiger partial charge in [-0.25, -0.2) is 0 Å². The highest BCUT2D eigenvalue weighted by Gasteiger charge is 2.53. The smallest absolute Gasteiger partial charge is 0.346 e. The number of hydrogen-bond acceptors (Lipinski definition) is 4. The largest absolute Gasteiger partial charge is 0.349 e. The number of imide groups is 1. The molecule has 2 unspecified atom stereocenters. The zero-order valence-electron chi connectivity index (χ0n) is 19.4. The average Bonchev–Trinajstić information content (AvgIpc) is 3.16. The number of fused-ring (bicyclic) bond motifs is 1. The van der Waals surface area contributed by atoms with Gasteiger partial charge in [-0.05, 0) is 35.1 Å².